The number of carbonyl (C=O) groups is 1. The van der Waals surface area contributed by atoms with Crippen LogP contribution in [0.2, 0.25) is 0 Å². The summed E-state index contributed by atoms with van der Waals surface area (Å²) in [6, 6.07) is 8.20. The highest BCUT2D eigenvalue weighted by Crippen LogP contribution is 2.31. The third kappa shape index (κ3) is 5.16. The zero-order valence-corrected chi connectivity index (χ0v) is 16.5. The summed E-state index contributed by atoms with van der Waals surface area (Å²) in [5.74, 6) is -0.593. The van der Waals surface area contributed by atoms with Gasteiger partial charge in [0.15, 0.2) is 4.34 Å². The van der Waals surface area contributed by atoms with E-state index in [9.17, 15) is 14.4 Å². The molecule has 0 aliphatic rings. The van der Waals surface area contributed by atoms with Crippen molar-refractivity contribution in [1.29, 1.82) is 5.26 Å². The summed E-state index contributed by atoms with van der Waals surface area (Å²) in [5.41, 5.74) is -0.345. The largest absolute Gasteiger partial charge is 0.337 e. The average molecular weight is 394 g/mol. The van der Waals surface area contributed by atoms with E-state index in [0.717, 1.165) is 0 Å². The summed E-state index contributed by atoms with van der Waals surface area (Å²) in [7, 11) is 0. The van der Waals surface area contributed by atoms with E-state index < -0.39 is 10.8 Å². The van der Waals surface area contributed by atoms with Gasteiger partial charge < -0.3 is 10.6 Å². The highest BCUT2D eigenvalue weighted by Gasteiger charge is 2.32. The van der Waals surface area contributed by atoms with Gasteiger partial charge in [0, 0.05) is 5.69 Å². The van der Waals surface area contributed by atoms with E-state index in [-0.39, 0.29) is 17.6 Å². The maximum absolute atomic E-state index is 13.2. The van der Waals surface area contributed by atoms with Crippen molar-refractivity contribution >= 4 is 39.8 Å². The fourth-order valence-electron chi connectivity index (χ4n) is 1.86. The molecular weight excluding hydrogens is 373 g/mol. The van der Waals surface area contributed by atoms with Gasteiger partial charge in [0.1, 0.15) is 11.4 Å². The fraction of sp³-hybridized carbons (Fsp3) is 0.412. The number of nitrogens with one attached hydrogen (secondary N) is 2. The lowest BCUT2D eigenvalue weighted by atomic mass is 9.90. The minimum atomic E-state index is -0.920. The highest BCUT2D eigenvalue weighted by molar-refractivity contribution is 8.02. The first kappa shape index (κ1) is 20.1. The second kappa shape index (κ2) is 8.47. The van der Waals surface area contributed by atoms with Gasteiger partial charge in [-0.3, -0.25) is 4.79 Å². The Balaban J connectivity index is 1.97. The Bertz CT molecular complexity index is 819. The molecule has 0 spiro atoms. The van der Waals surface area contributed by atoms with Crippen molar-refractivity contribution in [2.45, 2.75) is 42.8 Å². The van der Waals surface area contributed by atoms with Crippen LogP contribution in [-0.4, -0.2) is 26.9 Å². The van der Waals surface area contributed by atoms with Crippen molar-refractivity contribution in [1.82, 2.24) is 15.5 Å². The molecule has 0 saturated heterocycles. The third-order valence-electron chi connectivity index (χ3n) is 3.90. The smallest absolute Gasteiger partial charge is 0.234 e. The summed E-state index contributed by atoms with van der Waals surface area (Å²) >= 11 is 2.53. The number of nitriles is 1. The van der Waals surface area contributed by atoms with Gasteiger partial charge in [-0.2, -0.15) is 5.26 Å². The van der Waals surface area contributed by atoms with Crippen molar-refractivity contribution in [3.05, 3.63) is 30.1 Å². The van der Waals surface area contributed by atoms with Gasteiger partial charge in [0.05, 0.1) is 11.3 Å². The number of amides is 1. The number of hydrogen-bond acceptors (Lipinski definition) is 7. The lowest BCUT2D eigenvalue weighted by Crippen LogP contribution is -2.51. The molecular formula is C17H20FN5OS2. The Morgan fingerprint density at radius 3 is 2.73 bits per heavy atom. The zero-order chi connectivity index (χ0) is 19.3. The molecule has 1 amide bonds. The first-order valence-corrected chi connectivity index (χ1v) is 9.69. The molecule has 2 rings (SSSR count). The topological polar surface area (TPSA) is 90.7 Å². The molecule has 0 radical (unpaired) electrons. The van der Waals surface area contributed by atoms with E-state index in [2.05, 4.69) is 26.9 Å². The van der Waals surface area contributed by atoms with Gasteiger partial charge in [-0.05, 0) is 38.0 Å². The molecule has 2 aromatic rings. The van der Waals surface area contributed by atoms with Gasteiger partial charge in [-0.1, -0.05) is 43.0 Å². The molecule has 0 aliphatic heterocycles. The molecule has 2 atom stereocenters. The molecule has 0 bridgehead atoms. The van der Waals surface area contributed by atoms with E-state index >= 15 is 0 Å². The number of thioether (sulfide) groups is 1. The second-order valence-corrected chi connectivity index (χ2v) is 8.79. The molecule has 1 aromatic carbocycles. The Kier molecular flexibility index (Phi) is 6.56. The van der Waals surface area contributed by atoms with Crippen LogP contribution in [0.15, 0.2) is 28.6 Å². The molecule has 0 unspecified atom stereocenters. The highest BCUT2D eigenvalue weighted by atomic mass is 32.2. The second-order valence-electron chi connectivity index (χ2n) is 6.23. The Hall–Kier alpha value is -2.18. The summed E-state index contributed by atoms with van der Waals surface area (Å²) in [4.78, 5) is 12.4. The van der Waals surface area contributed by atoms with E-state index in [4.69, 9.17) is 0 Å². The molecule has 26 heavy (non-hydrogen) atoms. The molecule has 0 fully saturated rings. The Labute approximate surface area is 160 Å². The molecule has 1 aromatic heterocycles. The van der Waals surface area contributed by atoms with Crippen LogP contribution in [0.3, 0.4) is 0 Å². The molecule has 0 saturated carbocycles. The normalized spacial score (nSPS) is 14.3. The Morgan fingerprint density at radius 1 is 1.38 bits per heavy atom. The van der Waals surface area contributed by atoms with Crippen LogP contribution in [0.25, 0.3) is 0 Å². The van der Waals surface area contributed by atoms with E-state index in [1.807, 2.05) is 13.8 Å². The van der Waals surface area contributed by atoms with Crippen molar-refractivity contribution < 1.29 is 9.18 Å². The standard InChI is InChI=1S/C17H20FN5OS2/c1-10(2)17(4,9-19)21-14(24)11(3)25-16-23-22-15(26-16)20-13-7-5-6-12(18)8-13/h5-8,10-11H,1-4H3,(H,20,22)(H,21,24)/t11-,17+/m0/s1. The number of rotatable bonds is 7. The summed E-state index contributed by atoms with van der Waals surface area (Å²) in [6.45, 7) is 7.23. The van der Waals surface area contributed by atoms with Crippen molar-refractivity contribution in [2.75, 3.05) is 5.32 Å². The van der Waals surface area contributed by atoms with Gasteiger partial charge in [-0.15, -0.1) is 10.2 Å². The maximum Gasteiger partial charge on any atom is 0.234 e. The summed E-state index contributed by atoms with van der Waals surface area (Å²) in [6.07, 6.45) is 0. The van der Waals surface area contributed by atoms with Gasteiger partial charge in [0.2, 0.25) is 11.0 Å². The van der Waals surface area contributed by atoms with Gasteiger partial charge in [-0.25, -0.2) is 4.39 Å². The number of aromatic nitrogens is 2. The first-order chi connectivity index (χ1) is 12.2. The van der Waals surface area contributed by atoms with E-state index in [1.54, 1.807) is 26.0 Å². The van der Waals surface area contributed by atoms with Crippen LogP contribution >= 0.6 is 23.1 Å². The van der Waals surface area contributed by atoms with Crippen molar-refractivity contribution in [3.63, 3.8) is 0 Å². The summed E-state index contributed by atoms with van der Waals surface area (Å²) < 4.78 is 13.8. The predicted molar refractivity (Wildman–Crippen MR) is 102 cm³/mol. The number of benzene rings is 1. The van der Waals surface area contributed by atoms with Gasteiger partial charge in [0.25, 0.3) is 0 Å². The van der Waals surface area contributed by atoms with Crippen molar-refractivity contribution in [3.8, 4) is 6.07 Å². The lowest BCUT2D eigenvalue weighted by Gasteiger charge is -2.28. The summed E-state index contributed by atoms with van der Waals surface area (Å²) in [5, 5.41) is 23.2. The number of halogens is 1. The molecule has 1 heterocycles. The first-order valence-electron chi connectivity index (χ1n) is 7.99. The molecule has 138 valence electrons. The molecule has 9 heteroatoms. The van der Waals surface area contributed by atoms with E-state index in [0.29, 0.717) is 15.2 Å². The van der Waals surface area contributed by atoms with Crippen LogP contribution in [-0.2, 0) is 4.79 Å². The monoisotopic (exact) mass is 393 g/mol. The van der Waals surface area contributed by atoms with E-state index in [1.165, 1.54) is 35.2 Å². The average Bonchev–Trinajstić information content (AvgIpc) is 3.01. The third-order valence-corrected chi connectivity index (χ3v) is 5.92. The van der Waals surface area contributed by atoms with Crippen LogP contribution in [0.1, 0.15) is 27.7 Å². The van der Waals surface area contributed by atoms with Crippen molar-refractivity contribution in [2.24, 2.45) is 5.92 Å². The minimum absolute atomic E-state index is 0.0164. The zero-order valence-electron chi connectivity index (χ0n) is 14.9. The van der Waals surface area contributed by atoms with Crippen LogP contribution in [0, 0.1) is 23.1 Å². The molecule has 0 aliphatic carbocycles. The van der Waals surface area contributed by atoms with Crippen LogP contribution in [0.5, 0.6) is 0 Å². The number of anilines is 2. The minimum Gasteiger partial charge on any atom is -0.337 e. The molecule has 6 nitrogen and oxygen atoms in total. The van der Waals surface area contributed by atoms with Crippen LogP contribution in [0.4, 0.5) is 15.2 Å². The number of nitrogens with zero attached hydrogens (tertiary/aromatic N) is 3. The number of hydrogen-bond donors (Lipinski definition) is 2. The molecule has 2 N–H and O–H groups in total. The number of carbonyl (C=O) groups excluding carboxylic acids is 1. The van der Waals surface area contributed by atoms with Gasteiger partial charge >= 0.3 is 0 Å². The fourth-order valence-corrected chi connectivity index (χ4v) is 3.78. The Morgan fingerprint density at radius 2 is 2.12 bits per heavy atom. The van der Waals surface area contributed by atoms with Crippen LogP contribution < -0.4 is 10.6 Å². The lowest BCUT2D eigenvalue weighted by molar-refractivity contribution is -0.121. The maximum atomic E-state index is 13.2. The SMILES string of the molecule is CC(C)[C@@](C)(C#N)NC(=O)[C@H](C)Sc1nnc(Nc2cccc(F)c2)s1. The predicted octanol–water partition coefficient (Wildman–Crippen LogP) is 3.96. The quantitative estimate of drug-likeness (QED) is 0.692.